The SMILES string of the molecule is C#C[C@H]1C[C@]1(C1=NC(=C=O)ON1)n1c(C(=O)O)cc2cc([C@H]3CCOC(C)(C)C3)sc21. The molecule has 1 aliphatic carbocycles. The molecule has 0 spiro atoms. The lowest BCUT2D eigenvalue weighted by atomic mass is 9.87. The number of hydrogen-bond donors (Lipinski definition) is 2. The standard InChI is InChI=1S/C22H21N3O5S/c1-4-14-10-22(14,20-23-17(11-26)30-24-20)25-15(19(27)28)7-13-8-16(31-18(13)25)12-5-6-29-21(2,3)9-12/h1,7-8,12,14H,5-6,9-10H2,2-3H3,(H,23,24)(H,27,28)/t12-,14-,22-/m0/s1. The minimum atomic E-state index is -1.05. The summed E-state index contributed by atoms with van der Waals surface area (Å²) in [4.78, 5) is 34.4. The van der Waals surface area contributed by atoms with E-state index in [9.17, 15) is 14.7 Å². The van der Waals surface area contributed by atoms with Crippen molar-refractivity contribution in [1.29, 1.82) is 0 Å². The number of terminal acetylenes is 1. The number of carboxylic acid groups (broad SMARTS) is 1. The molecule has 2 aromatic rings. The van der Waals surface area contributed by atoms with Crippen LogP contribution >= 0.6 is 11.3 Å². The van der Waals surface area contributed by atoms with Crippen LogP contribution in [0.25, 0.3) is 10.2 Å². The molecule has 2 N–H and O–H groups in total. The number of aliphatic imine (C=N–C) groups is 1. The number of hydrogen-bond acceptors (Lipinski definition) is 7. The van der Waals surface area contributed by atoms with Crippen molar-refractivity contribution in [1.82, 2.24) is 10.0 Å². The monoisotopic (exact) mass is 439 g/mol. The number of nitrogens with zero attached hydrogens (tertiary/aromatic N) is 2. The average molecular weight is 439 g/mol. The number of amidine groups is 1. The molecule has 3 aliphatic rings. The molecule has 0 amide bonds. The third-order valence-corrected chi connectivity index (χ3v) is 7.60. The Morgan fingerprint density at radius 1 is 1.42 bits per heavy atom. The topological polar surface area (TPSA) is 102 Å². The summed E-state index contributed by atoms with van der Waals surface area (Å²) in [5.41, 5.74) is 1.69. The number of nitrogens with one attached hydrogen (secondary N) is 1. The molecule has 4 heterocycles. The van der Waals surface area contributed by atoms with Gasteiger partial charge in [0, 0.05) is 16.9 Å². The molecule has 2 aromatic heterocycles. The molecule has 160 valence electrons. The highest BCUT2D eigenvalue weighted by Crippen LogP contribution is 2.55. The van der Waals surface area contributed by atoms with Crippen LogP contribution in [0.4, 0.5) is 0 Å². The molecule has 0 aromatic carbocycles. The summed E-state index contributed by atoms with van der Waals surface area (Å²) in [5, 5.41) is 10.8. The van der Waals surface area contributed by atoms with Crippen LogP contribution in [0.3, 0.4) is 0 Å². The molecule has 2 fully saturated rings. The maximum atomic E-state index is 12.1. The molecule has 9 heteroatoms. The van der Waals surface area contributed by atoms with Crippen LogP contribution in [-0.2, 0) is 19.9 Å². The van der Waals surface area contributed by atoms with Gasteiger partial charge in [0.05, 0.1) is 11.5 Å². The summed E-state index contributed by atoms with van der Waals surface area (Å²) in [5.74, 6) is 3.45. The van der Waals surface area contributed by atoms with E-state index in [-0.39, 0.29) is 23.1 Å². The number of aromatic carboxylic acids is 1. The van der Waals surface area contributed by atoms with Crippen molar-refractivity contribution in [2.24, 2.45) is 10.9 Å². The number of hydroxylamine groups is 1. The van der Waals surface area contributed by atoms with Crippen molar-refractivity contribution in [2.45, 2.75) is 50.2 Å². The first kappa shape index (κ1) is 19.9. The third-order valence-electron chi connectivity index (χ3n) is 6.30. The van der Waals surface area contributed by atoms with Gasteiger partial charge in [-0.3, -0.25) is 0 Å². The van der Waals surface area contributed by atoms with Crippen molar-refractivity contribution in [2.75, 3.05) is 6.61 Å². The van der Waals surface area contributed by atoms with Gasteiger partial charge >= 0.3 is 11.9 Å². The maximum Gasteiger partial charge on any atom is 0.352 e. The summed E-state index contributed by atoms with van der Waals surface area (Å²) in [7, 11) is 0. The molecule has 0 radical (unpaired) electrons. The van der Waals surface area contributed by atoms with Gasteiger partial charge in [-0.05, 0) is 51.2 Å². The number of carbonyl (C=O) groups excluding carboxylic acids is 1. The van der Waals surface area contributed by atoms with Gasteiger partial charge in [0.25, 0.3) is 0 Å². The molecule has 31 heavy (non-hydrogen) atoms. The van der Waals surface area contributed by atoms with Crippen LogP contribution in [0.15, 0.2) is 23.0 Å². The van der Waals surface area contributed by atoms with Crippen LogP contribution < -0.4 is 5.48 Å². The van der Waals surface area contributed by atoms with Gasteiger partial charge in [0.15, 0.2) is 11.8 Å². The second kappa shape index (κ2) is 6.72. The van der Waals surface area contributed by atoms with Crippen LogP contribution in [-0.4, -0.2) is 39.6 Å². The smallest absolute Gasteiger partial charge is 0.352 e. The minimum absolute atomic E-state index is 0.130. The van der Waals surface area contributed by atoms with E-state index in [1.165, 1.54) is 4.88 Å². The molecule has 8 nitrogen and oxygen atoms in total. The number of carboxylic acids is 1. The van der Waals surface area contributed by atoms with Gasteiger partial charge in [-0.25, -0.2) is 15.1 Å². The van der Waals surface area contributed by atoms with Gasteiger partial charge in [0.1, 0.15) is 16.1 Å². The first-order valence-corrected chi connectivity index (χ1v) is 10.9. The fraction of sp³-hybridized carbons (Fsp3) is 0.455. The van der Waals surface area contributed by atoms with Crippen molar-refractivity contribution in [3.63, 3.8) is 0 Å². The van der Waals surface area contributed by atoms with Gasteiger partial charge < -0.3 is 19.2 Å². The van der Waals surface area contributed by atoms with Crippen molar-refractivity contribution in [3.05, 3.63) is 28.6 Å². The summed E-state index contributed by atoms with van der Waals surface area (Å²) in [6.45, 7) is 4.88. The van der Waals surface area contributed by atoms with Crippen molar-refractivity contribution < 1.29 is 24.3 Å². The summed E-state index contributed by atoms with van der Waals surface area (Å²) in [6.07, 6.45) is 8.06. The summed E-state index contributed by atoms with van der Waals surface area (Å²) >= 11 is 1.58. The molecule has 0 unspecified atom stereocenters. The largest absolute Gasteiger partial charge is 0.477 e. The fourth-order valence-electron chi connectivity index (χ4n) is 4.78. The number of aromatic nitrogens is 1. The Morgan fingerprint density at radius 3 is 2.84 bits per heavy atom. The third kappa shape index (κ3) is 2.99. The number of fused-ring (bicyclic) bond motifs is 1. The number of rotatable bonds is 4. The highest BCUT2D eigenvalue weighted by molar-refractivity contribution is 7.18. The molecule has 1 saturated heterocycles. The van der Waals surface area contributed by atoms with E-state index in [2.05, 4.69) is 36.3 Å². The molecule has 5 rings (SSSR count). The second-order valence-electron chi connectivity index (χ2n) is 8.80. The van der Waals surface area contributed by atoms with Gasteiger partial charge in [-0.1, -0.05) is 0 Å². The highest BCUT2D eigenvalue weighted by Gasteiger charge is 2.62. The first-order chi connectivity index (χ1) is 14.8. The minimum Gasteiger partial charge on any atom is -0.477 e. The lowest BCUT2D eigenvalue weighted by molar-refractivity contribution is -0.0588. The van der Waals surface area contributed by atoms with Crippen LogP contribution in [0.1, 0.15) is 54.4 Å². The maximum absolute atomic E-state index is 12.1. The normalized spacial score (nSPS) is 28.9. The number of thiophene rings is 1. The summed E-state index contributed by atoms with van der Waals surface area (Å²) in [6, 6.07) is 3.76. The predicted octanol–water partition coefficient (Wildman–Crippen LogP) is 3.03. The van der Waals surface area contributed by atoms with E-state index in [4.69, 9.17) is 16.0 Å². The van der Waals surface area contributed by atoms with Gasteiger partial charge in [-0.15, -0.1) is 23.7 Å². The lowest BCUT2D eigenvalue weighted by Gasteiger charge is -2.35. The van der Waals surface area contributed by atoms with E-state index in [0.29, 0.717) is 24.8 Å². The van der Waals surface area contributed by atoms with E-state index < -0.39 is 11.5 Å². The zero-order valence-corrected chi connectivity index (χ0v) is 17.9. The lowest BCUT2D eigenvalue weighted by Crippen LogP contribution is -2.38. The van der Waals surface area contributed by atoms with Crippen LogP contribution in [0.5, 0.6) is 0 Å². The highest BCUT2D eigenvalue weighted by atomic mass is 32.1. The van der Waals surface area contributed by atoms with E-state index in [1.807, 2.05) is 0 Å². The van der Waals surface area contributed by atoms with E-state index >= 15 is 0 Å². The number of carbonyl (C=O) groups is 1. The Labute approximate surface area is 182 Å². The molecule has 0 bridgehead atoms. The second-order valence-corrected chi connectivity index (χ2v) is 9.86. The zero-order chi connectivity index (χ0) is 22.0. The van der Waals surface area contributed by atoms with Crippen LogP contribution in [0, 0.1) is 18.3 Å². The zero-order valence-electron chi connectivity index (χ0n) is 17.1. The fourth-order valence-corrected chi connectivity index (χ4v) is 6.15. The van der Waals surface area contributed by atoms with Crippen LogP contribution in [0.2, 0.25) is 0 Å². The summed E-state index contributed by atoms with van der Waals surface area (Å²) < 4.78 is 7.62. The Hall–Kier alpha value is -3.05. The van der Waals surface area contributed by atoms with Crippen molar-refractivity contribution >= 4 is 39.3 Å². The Kier molecular flexibility index (Phi) is 4.31. The first-order valence-electron chi connectivity index (χ1n) is 10.1. The Morgan fingerprint density at radius 2 is 2.23 bits per heavy atom. The molecule has 1 saturated carbocycles. The molecular formula is C22H21N3O5S. The molecular weight excluding hydrogens is 418 g/mol. The van der Waals surface area contributed by atoms with Gasteiger partial charge in [-0.2, -0.15) is 4.99 Å². The quantitative estimate of drug-likeness (QED) is 0.561. The average Bonchev–Trinajstić information content (AvgIpc) is 3.07. The number of ether oxygens (including phenoxy) is 1. The Balaban J connectivity index is 1.66. The van der Waals surface area contributed by atoms with E-state index in [0.717, 1.165) is 23.1 Å². The van der Waals surface area contributed by atoms with E-state index in [1.54, 1.807) is 27.9 Å². The predicted molar refractivity (Wildman–Crippen MR) is 115 cm³/mol. The molecule has 3 atom stereocenters. The molecule has 2 aliphatic heterocycles. The van der Waals surface area contributed by atoms with Crippen molar-refractivity contribution in [3.8, 4) is 12.3 Å². The Bertz CT molecular complexity index is 1230. The van der Waals surface area contributed by atoms with Gasteiger partial charge in [0.2, 0.25) is 0 Å².